The number of allylic oxidation sites excluding steroid dienone is 4. The number of rotatable bonds is 2. The molecule has 1 aliphatic rings. The van der Waals surface area contributed by atoms with Crippen molar-refractivity contribution in [2.45, 2.75) is 47.0 Å². The Morgan fingerprint density at radius 1 is 1.29 bits per heavy atom. The molecule has 1 rings (SSSR count). The van der Waals surface area contributed by atoms with Crippen LogP contribution in [-0.2, 0) is 0 Å². The van der Waals surface area contributed by atoms with Crippen LogP contribution in [0.3, 0.4) is 0 Å². The summed E-state index contributed by atoms with van der Waals surface area (Å²) < 4.78 is 0. The Morgan fingerprint density at radius 3 is 2.29 bits per heavy atom. The Bertz CT molecular complexity index is 312. The first kappa shape index (κ1) is 11.1. The monoisotopic (exact) mass is 191 g/mol. The Labute approximate surface area is 87.4 Å². The third kappa shape index (κ3) is 2.09. The molecule has 0 radical (unpaired) electrons. The summed E-state index contributed by atoms with van der Waals surface area (Å²) in [6.45, 7) is 8.52. The minimum absolute atomic E-state index is 0.932. The summed E-state index contributed by atoms with van der Waals surface area (Å²) in [6, 6.07) is 0. The topological polar surface area (TPSA) is 26.0 Å². The Morgan fingerprint density at radius 2 is 1.93 bits per heavy atom. The fourth-order valence-electron chi connectivity index (χ4n) is 2.14. The lowest BCUT2D eigenvalue weighted by atomic mass is 9.95. The number of hydrogen-bond donors (Lipinski definition) is 1. The highest BCUT2D eigenvalue weighted by molar-refractivity contribution is 5.50. The molecule has 1 nitrogen and oxygen atoms in total. The maximum atomic E-state index is 6.03. The lowest BCUT2D eigenvalue weighted by molar-refractivity contribution is 0.893. The van der Waals surface area contributed by atoms with Crippen LogP contribution in [0.1, 0.15) is 47.0 Å². The lowest BCUT2D eigenvalue weighted by Gasteiger charge is -2.13. The average molecular weight is 191 g/mol. The molecule has 0 saturated heterocycles. The first-order valence-electron chi connectivity index (χ1n) is 5.36. The second-order valence-electron chi connectivity index (χ2n) is 4.23. The van der Waals surface area contributed by atoms with E-state index in [-0.39, 0.29) is 0 Å². The lowest BCUT2D eigenvalue weighted by Crippen LogP contribution is -2.05. The van der Waals surface area contributed by atoms with Crippen molar-refractivity contribution in [3.8, 4) is 0 Å². The van der Waals surface area contributed by atoms with Crippen LogP contribution in [0, 0.1) is 0 Å². The molecule has 0 aromatic rings. The maximum Gasteiger partial charge on any atom is 0.0346 e. The largest absolute Gasteiger partial charge is 0.399 e. The molecular weight excluding hydrogens is 170 g/mol. The van der Waals surface area contributed by atoms with Crippen molar-refractivity contribution in [3.05, 3.63) is 34.1 Å². The van der Waals surface area contributed by atoms with Gasteiger partial charge in [-0.2, -0.15) is 0 Å². The molecule has 0 atom stereocenters. The van der Waals surface area contributed by atoms with Crippen LogP contribution >= 0.6 is 0 Å². The van der Waals surface area contributed by atoms with Crippen LogP contribution in [0.5, 0.6) is 0 Å². The first-order valence-corrected chi connectivity index (χ1v) is 5.36. The zero-order valence-electron chi connectivity index (χ0n) is 9.78. The summed E-state index contributed by atoms with van der Waals surface area (Å²) in [5.41, 5.74) is 12.6. The minimum Gasteiger partial charge on any atom is -0.399 e. The molecule has 0 bridgehead atoms. The molecule has 0 unspecified atom stereocenters. The predicted molar refractivity (Wildman–Crippen MR) is 62.9 cm³/mol. The highest BCUT2D eigenvalue weighted by atomic mass is 14.6. The van der Waals surface area contributed by atoms with Crippen LogP contribution in [0.25, 0.3) is 0 Å². The summed E-state index contributed by atoms with van der Waals surface area (Å²) in [5.74, 6) is 0. The minimum atomic E-state index is 0.932. The van der Waals surface area contributed by atoms with Crippen molar-refractivity contribution in [3.63, 3.8) is 0 Å². The SMILES string of the molecule is C/C=C(/N)C(=C(C)C)C1=C(C)CCC1. The molecule has 0 saturated carbocycles. The van der Waals surface area contributed by atoms with Gasteiger partial charge >= 0.3 is 0 Å². The van der Waals surface area contributed by atoms with Crippen LogP contribution < -0.4 is 5.73 Å². The van der Waals surface area contributed by atoms with Gasteiger partial charge in [-0.1, -0.05) is 17.2 Å². The zero-order valence-corrected chi connectivity index (χ0v) is 9.78. The maximum absolute atomic E-state index is 6.03. The van der Waals surface area contributed by atoms with E-state index in [2.05, 4.69) is 20.8 Å². The normalized spacial score (nSPS) is 17.6. The van der Waals surface area contributed by atoms with Crippen molar-refractivity contribution < 1.29 is 0 Å². The second kappa shape index (κ2) is 4.50. The Kier molecular flexibility index (Phi) is 3.56. The van der Waals surface area contributed by atoms with Gasteiger partial charge in [-0.3, -0.25) is 0 Å². The summed E-state index contributed by atoms with van der Waals surface area (Å²) in [7, 11) is 0. The predicted octanol–water partition coefficient (Wildman–Crippen LogP) is 3.69. The molecule has 0 aromatic heterocycles. The molecule has 14 heavy (non-hydrogen) atoms. The van der Waals surface area contributed by atoms with E-state index in [1.165, 1.54) is 41.6 Å². The molecule has 78 valence electrons. The molecule has 0 fully saturated rings. The number of nitrogens with two attached hydrogens (primary N) is 1. The zero-order chi connectivity index (χ0) is 10.7. The van der Waals surface area contributed by atoms with Crippen LogP contribution in [0.15, 0.2) is 34.1 Å². The smallest absolute Gasteiger partial charge is 0.0346 e. The summed E-state index contributed by atoms with van der Waals surface area (Å²) in [5, 5.41) is 0. The van der Waals surface area contributed by atoms with Gasteiger partial charge in [0.25, 0.3) is 0 Å². The standard InChI is InChI=1S/C13H21N/c1-5-12(14)13(9(2)3)11-8-6-7-10(11)4/h5H,6-8,14H2,1-4H3/b12-5+. The van der Waals surface area contributed by atoms with E-state index in [1.807, 2.05) is 13.0 Å². The highest BCUT2D eigenvalue weighted by Gasteiger charge is 2.16. The quantitative estimate of drug-likeness (QED) is 0.662. The van der Waals surface area contributed by atoms with E-state index in [0.29, 0.717) is 0 Å². The van der Waals surface area contributed by atoms with Crippen molar-refractivity contribution in [1.29, 1.82) is 0 Å². The van der Waals surface area contributed by atoms with E-state index < -0.39 is 0 Å². The molecule has 0 heterocycles. The third-order valence-electron chi connectivity index (χ3n) is 2.90. The van der Waals surface area contributed by atoms with Gasteiger partial charge in [-0.05, 0) is 58.1 Å². The van der Waals surface area contributed by atoms with E-state index in [1.54, 1.807) is 0 Å². The van der Waals surface area contributed by atoms with Gasteiger partial charge in [-0.15, -0.1) is 0 Å². The van der Waals surface area contributed by atoms with Crippen molar-refractivity contribution in [2.75, 3.05) is 0 Å². The summed E-state index contributed by atoms with van der Waals surface area (Å²) >= 11 is 0. The van der Waals surface area contributed by atoms with E-state index in [4.69, 9.17) is 5.73 Å². The fourth-order valence-corrected chi connectivity index (χ4v) is 2.14. The Balaban J connectivity index is 3.15. The van der Waals surface area contributed by atoms with Gasteiger partial charge < -0.3 is 5.73 Å². The van der Waals surface area contributed by atoms with Crippen LogP contribution in [-0.4, -0.2) is 0 Å². The van der Waals surface area contributed by atoms with Crippen molar-refractivity contribution in [1.82, 2.24) is 0 Å². The van der Waals surface area contributed by atoms with Gasteiger partial charge in [0, 0.05) is 5.70 Å². The molecule has 1 heteroatoms. The van der Waals surface area contributed by atoms with Crippen LogP contribution in [0.2, 0.25) is 0 Å². The molecule has 0 amide bonds. The number of hydrogen-bond acceptors (Lipinski definition) is 1. The first-order chi connectivity index (χ1) is 6.57. The summed E-state index contributed by atoms with van der Waals surface area (Å²) in [6.07, 6.45) is 5.72. The van der Waals surface area contributed by atoms with Crippen LogP contribution in [0.4, 0.5) is 0 Å². The van der Waals surface area contributed by atoms with Gasteiger partial charge in [-0.25, -0.2) is 0 Å². The Hall–Kier alpha value is -0.980. The molecule has 2 N–H and O–H groups in total. The molecule has 0 aliphatic heterocycles. The molecule has 0 aromatic carbocycles. The fraction of sp³-hybridized carbons (Fsp3) is 0.538. The van der Waals surface area contributed by atoms with E-state index >= 15 is 0 Å². The van der Waals surface area contributed by atoms with Gasteiger partial charge in [0.15, 0.2) is 0 Å². The third-order valence-corrected chi connectivity index (χ3v) is 2.90. The van der Waals surface area contributed by atoms with Crippen molar-refractivity contribution >= 4 is 0 Å². The second-order valence-corrected chi connectivity index (χ2v) is 4.23. The van der Waals surface area contributed by atoms with E-state index in [9.17, 15) is 0 Å². The average Bonchev–Trinajstić information content (AvgIpc) is 2.52. The molecule has 0 spiro atoms. The van der Waals surface area contributed by atoms with Crippen molar-refractivity contribution in [2.24, 2.45) is 5.73 Å². The van der Waals surface area contributed by atoms with Gasteiger partial charge in [0.2, 0.25) is 0 Å². The molecular formula is C13H21N. The van der Waals surface area contributed by atoms with E-state index in [0.717, 1.165) is 5.70 Å². The summed E-state index contributed by atoms with van der Waals surface area (Å²) in [4.78, 5) is 0. The van der Waals surface area contributed by atoms with Gasteiger partial charge in [0.05, 0.1) is 0 Å². The van der Waals surface area contributed by atoms with Gasteiger partial charge in [0.1, 0.15) is 0 Å². The highest BCUT2D eigenvalue weighted by Crippen LogP contribution is 2.34. The molecule has 1 aliphatic carbocycles.